The van der Waals surface area contributed by atoms with Crippen molar-refractivity contribution in [2.75, 3.05) is 6.54 Å². The van der Waals surface area contributed by atoms with Crippen molar-refractivity contribution in [3.05, 3.63) is 65.2 Å². The zero-order valence-electron chi connectivity index (χ0n) is 13.4. The van der Waals surface area contributed by atoms with Gasteiger partial charge < -0.3 is 9.88 Å². The van der Waals surface area contributed by atoms with Gasteiger partial charge in [0, 0.05) is 20.0 Å². The number of amides is 1. The van der Waals surface area contributed by atoms with Crippen LogP contribution >= 0.6 is 0 Å². The van der Waals surface area contributed by atoms with E-state index in [9.17, 15) is 9.18 Å². The largest absolute Gasteiger partial charge is 0.355 e. The van der Waals surface area contributed by atoms with E-state index in [0.717, 1.165) is 28.8 Å². The fourth-order valence-electron chi connectivity index (χ4n) is 3.35. The lowest BCUT2D eigenvalue weighted by Gasteiger charge is -2.28. The predicted molar refractivity (Wildman–Crippen MR) is 90.3 cm³/mol. The average molecular weight is 323 g/mol. The molecule has 1 aliphatic carbocycles. The highest BCUT2D eigenvalue weighted by molar-refractivity contribution is 5.86. The van der Waals surface area contributed by atoms with Crippen molar-refractivity contribution in [3.63, 3.8) is 0 Å². The smallest absolute Gasteiger partial charge is 0.227 e. The molecule has 0 fully saturated rings. The second kappa shape index (κ2) is 5.74. The Morgan fingerprint density at radius 2 is 2.17 bits per heavy atom. The third-order valence-electron chi connectivity index (χ3n) is 4.75. The second-order valence-electron chi connectivity index (χ2n) is 6.22. The van der Waals surface area contributed by atoms with Gasteiger partial charge in [0.2, 0.25) is 5.91 Å². The van der Waals surface area contributed by atoms with Crippen molar-refractivity contribution in [2.45, 2.75) is 18.8 Å². The maximum absolute atomic E-state index is 13.3. The minimum absolute atomic E-state index is 0.0317. The number of imidazole rings is 1. The molecule has 1 atom stereocenters. The van der Waals surface area contributed by atoms with Crippen LogP contribution in [0.15, 0.2) is 42.5 Å². The van der Waals surface area contributed by atoms with Crippen LogP contribution in [0.4, 0.5) is 4.39 Å². The molecule has 0 spiro atoms. The second-order valence-corrected chi connectivity index (χ2v) is 6.22. The van der Waals surface area contributed by atoms with Crippen LogP contribution in [0.5, 0.6) is 0 Å². The summed E-state index contributed by atoms with van der Waals surface area (Å²) in [4.78, 5) is 16.8. The highest BCUT2D eigenvalue weighted by Gasteiger charge is 2.31. The van der Waals surface area contributed by atoms with Gasteiger partial charge in [-0.2, -0.15) is 0 Å². The summed E-state index contributed by atoms with van der Waals surface area (Å²) in [5.74, 6) is 0.605. The Morgan fingerprint density at radius 3 is 3.00 bits per heavy atom. The van der Waals surface area contributed by atoms with Gasteiger partial charge in [-0.15, -0.1) is 0 Å². The number of hydrogen-bond acceptors (Lipinski definition) is 2. The number of rotatable bonds is 4. The molecule has 1 aromatic heterocycles. The first-order chi connectivity index (χ1) is 11.6. The predicted octanol–water partition coefficient (Wildman–Crippen LogP) is 2.71. The fourth-order valence-corrected chi connectivity index (χ4v) is 3.35. The summed E-state index contributed by atoms with van der Waals surface area (Å²) in [7, 11) is 1.87. The molecule has 1 amide bonds. The number of aromatic nitrogens is 2. The first-order valence-corrected chi connectivity index (χ1v) is 8.10. The first-order valence-electron chi connectivity index (χ1n) is 8.10. The average Bonchev–Trinajstić information content (AvgIpc) is 2.85. The Labute approximate surface area is 139 Å². The molecule has 24 heavy (non-hydrogen) atoms. The van der Waals surface area contributed by atoms with Gasteiger partial charge in [0.25, 0.3) is 0 Å². The third-order valence-corrected chi connectivity index (χ3v) is 4.75. The Bertz CT molecular complexity index is 932. The van der Waals surface area contributed by atoms with Gasteiger partial charge in [-0.1, -0.05) is 24.3 Å². The van der Waals surface area contributed by atoms with Gasteiger partial charge in [0.05, 0.1) is 17.0 Å². The molecule has 0 unspecified atom stereocenters. The number of fused-ring (bicyclic) bond motifs is 2. The van der Waals surface area contributed by atoms with E-state index in [-0.39, 0.29) is 17.6 Å². The minimum Gasteiger partial charge on any atom is -0.355 e. The van der Waals surface area contributed by atoms with Crippen molar-refractivity contribution < 1.29 is 9.18 Å². The summed E-state index contributed by atoms with van der Waals surface area (Å²) < 4.78 is 15.2. The Hall–Kier alpha value is -2.69. The number of hydrogen-bond donors (Lipinski definition) is 1. The molecular formula is C19H18FN3O. The van der Waals surface area contributed by atoms with Crippen molar-refractivity contribution >= 4 is 16.9 Å². The molecule has 3 aromatic rings. The standard InChI is InChI=1S/C19H18FN3O/c1-23-17-11-13(20)6-7-16(17)22-18(23)8-9-21-19(24)15-10-12-4-2-3-5-14(12)15/h2-7,11,15H,8-10H2,1H3,(H,21,24)/t15-/m1/s1. The van der Waals surface area contributed by atoms with Crippen LogP contribution in [0.3, 0.4) is 0 Å². The molecule has 4 nitrogen and oxygen atoms in total. The normalized spacial score (nSPS) is 15.8. The molecule has 0 saturated carbocycles. The van der Waals surface area contributed by atoms with Crippen LogP contribution in [0.1, 0.15) is 22.9 Å². The van der Waals surface area contributed by atoms with E-state index in [4.69, 9.17) is 0 Å². The maximum atomic E-state index is 13.3. The molecular weight excluding hydrogens is 305 g/mol. The molecule has 0 saturated heterocycles. The summed E-state index contributed by atoms with van der Waals surface area (Å²) in [5.41, 5.74) is 3.93. The molecule has 4 rings (SSSR count). The first kappa shape index (κ1) is 14.9. The summed E-state index contributed by atoms with van der Waals surface area (Å²) in [6.45, 7) is 0.525. The van der Waals surface area contributed by atoms with E-state index in [1.807, 2.05) is 29.8 Å². The molecule has 122 valence electrons. The highest BCUT2D eigenvalue weighted by atomic mass is 19.1. The van der Waals surface area contributed by atoms with E-state index in [1.54, 1.807) is 6.07 Å². The van der Waals surface area contributed by atoms with Gasteiger partial charge in [-0.05, 0) is 35.7 Å². The Kier molecular flexibility index (Phi) is 3.56. The Balaban J connectivity index is 1.40. The SMILES string of the molecule is Cn1c(CCNC(=O)[C@@H]2Cc3ccccc32)nc2ccc(F)cc21. The lowest BCUT2D eigenvalue weighted by atomic mass is 9.77. The van der Waals surface area contributed by atoms with Crippen LogP contribution in [0.25, 0.3) is 11.0 Å². The van der Waals surface area contributed by atoms with Crippen LogP contribution in [-0.2, 0) is 24.7 Å². The van der Waals surface area contributed by atoms with Crippen LogP contribution in [-0.4, -0.2) is 22.0 Å². The van der Waals surface area contributed by atoms with Crippen LogP contribution in [0, 0.1) is 5.82 Å². The lowest BCUT2D eigenvalue weighted by molar-refractivity contribution is -0.123. The van der Waals surface area contributed by atoms with Gasteiger partial charge in [0.15, 0.2) is 0 Å². The number of halogens is 1. The molecule has 1 heterocycles. The van der Waals surface area contributed by atoms with Crippen LogP contribution in [0.2, 0.25) is 0 Å². The van der Waals surface area contributed by atoms with Gasteiger partial charge >= 0.3 is 0 Å². The maximum Gasteiger partial charge on any atom is 0.227 e. The van der Waals surface area contributed by atoms with E-state index < -0.39 is 0 Å². The topological polar surface area (TPSA) is 46.9 Å². The summed E-state index contributed by atoms with van der Waals surface area (Å²) in [6.07, 6.45) is 1.43. The molecule has 0 radical (unpaired) electrons. The summed E-state index contributed by atoms with van der Waals surface area (Å²) in [5, 5.41) is 2.99. The minimum atomic E-state index is -0.269. The number of benzene rings is 2. The zero-order chi connectivity index (χ0) is 16.7. The number of nitrogens with one attached hydrogen (secondary N) is 1. The van der Waals surface area contributed by atoms with Crippen molar-refractivity contribution in [1.29, 1.82) is 0 Å². The molecule has 1 aliphatic rings. The number of aryl methyl sites for hydroxylation is 1. The number of nitrogens with zero attached hydrogens (tertiary/aromatic N) is 2. The van der Waals surface area contributed by atoms with E-state index in [2.05, 4.69) is 16.4 Å². The lowest BCUT2D eigenvalue weighted by Crippen LogP contribution is -2.36. The van der Waals surface area contributed by atoms with Gasteiger partial charge in [0.1, 0.15) is 11.6 Å². The van der Waals surface area contributed by atoms with Crippen molar-refractivity contribution in [3.8, 4) is 0 Å². The monoisotopic (exact) mass is 323 g/mol. The highest BCUT2D eigenvalue weighted by Crippen LogP contribution is 2.34. The number of carbonyl (C=O) groups excluding carboxylic acids is 1. The van der Waals surface area contributed by atoms with Crippen molar-refractivity contribution in [2.24, 2.45) is 7.05 Å². The zero-order valence-corrected chi connectivity index (χ0v) is 13.4. The Morgan fingerprint density at radius 1 is 1.33 bits per heavy atom. The van der Waals surface area contributed by atoms with E-state index in [1.165, 1.54) is 17.7 Å². The fraction of sp³-hybridized carbons (Fsp3) is 0.263. The quantitative estimate of drug-likeness (QED) is 0.802. The van der Waals surface area contributed by atoms with E-state index in [0.29, 0.717) is 13.0 Å². The summed E-state index contributed by atoms with van der Waals surface area (Å²) in [6, 6.07) is 12.6. The third kappa shape index (κ3) is 2.46. The van der Waals surface area contributed by atoms with Gasteiger partial charge in [-0.25, -0.2) is 9.37 Å². The molecule has 0 aliphatic heterocycles. The molecule has 5 heteroatoms. The number of carbonyl (C=O) groups is 1. The van der Waals surface area contributed by atoms with E-state index >= 15 is 0 Å². The van der Waals surface area contributed by atoms with Crippen LogP contribution < -0.4 is 5.32 Å². The molecule has 1 N–H and O–H groups in total. The van der Waals surface area contributed by atoms with Gasteiger partial charge in [-0.3, -0.25) is 4.79 Å². The summed E-state index contributed by atoms with van der Waals surface area (Å²) >= 11 is 0. The molecule has 0 bridgehead atoms. The van der Waals surface area contributed by atoms with Crippen molar-refractivity contribution in [1.82, 2.24) is 14.9 Å². The molecule has 2 aromatic carbocycles.